The van der Waals surface area contributed by atoms with E-state index in [4.69, 9.17) is 5.11 Å². The molecule has 2 aromatic rings. The molecule has 1 N–H and O–H groups in total. The first-order chi connectivity index (χ1) is 8.86. The van der Waals surface area contributed by atoms with Crippen molar-refractivity contribution in [1.29, 1.82) is 0 Å². The summed E-state index contributed by atoms with van der Waals surface area (Å²) in [4.78, 5) is 0. The first-order valence-electron chi connectivity index (χ1n) is 5.81. The van der Waals surface area contributed by atoms with Crippen LogP contribution in [0.4, 0.5) is 13.2 Å². The lowest BCUT2D eigenvalue weighted by molar-refractivity contribution is -0.143. The molecule has 104 valence electrons. The van der Waals surface area contributed by atoms with Crippen molar-refractivity contribution in [1.82, 2.24) is 4.57 Å². The van der Waals surface area contributed by atoms with Crippen molar-refractivity contribution in [3.63, 3.8) is 0 Å². The number of rotatable bonds is 3. The van der Waals surface area contributed by atoms with Gasteiger partial charge in [0.05, 0.1) is 0 Å². The second-order valence-corrected chi connectivity index (χ2v) is 5.29. The smallest absolute Gasteiger partial charge is 0.396 e. The highest BCUT2D eigenvalue weighted by Crippen LogP contribution is 2.38. The lowest BCUT2D eigenvalue weighted by Crippen LogP contribution is -2.13. The van der Waals surface area contributed by atoms with Gasteiger partial charge >= 0.3 is 6.18 Å². The Morgan fingerprint density at radius 3 is 2.58 bits per heavy atom. The zero-order chi connectivity index (χ0) is 14.2. The molecule has 0 bridgehead atoms. The molecule has 0 saturated heterocycles. The van der Waals surface area contributed by atoms with E-state index in [0.29, 0.717) is 17.3 Å². The van der Waals surface area contributed by atoms with Gasteiger partial charge in [0.25, 0.3) is 0 Å². The number of benzene rings is 1. The van der Waals surface area contributed by atoms with Crippen LogP contribution in [-0.2, 0) is 19.6 Å². The summed E-state index contributed by atoms with van der Waals surface area (Å²) in [6.07, 6.45) is -3.88. The molecule has 19 heavy (non-hydrogen) atoms. The summed E-state index contributed by atoms with van der Waals surface area (Å²) in [6, 6.07) is 5.08. The van der Waals surface area contributed by atoms with Gasteiger partial charge in [0.15, 0.2) is 0 Å². The molecule has 6 heteroatoms. The topological polar surface area (TPSA) is 25.2 Å². The molecular formula is C13H13BrF3NO. The monoisotopic (exact) mass is 335 g/mol. The number of nitrogens with zero attached hydrogens (tertiary/aromatic N) is 1. The number of aliphatic hydroxyl groups excluding tert-OH is 1. The van der Waals surface area contributed by atoms with Crippen molar-refractivity contribution in [2.24, 2.45) is 7.05 Å². The molecule has 0 radical (unpaired) electrons. The minimum Gasteiger partial charge on any atom is -0.396 e. The summed E-state index contributed by atoms with van der Waals surface area (Å²) in [6.45, 7) is -0.123. The molecule has 0 spiro atoms. The van der Waals surface area contributed by atoms with Gasteiger partial charge in [-0.25, -0.2) is 0 Å². The quantitative estimate of drug-likeness (QED) is 0.904. The predicted molar refractivity (Wildman–Crippen MR) is 71.0 cm³/mol. The summed E-state index contributed by atoms with van der Waals surface area (Å²) in [5.74, 6) is 0. The van der Waals surface area contributed by atoms with E-state index in [1.807, 2.05) is 0 Å². The van der Waals surface area contributed by atoms with Gasteiger partial charge in [0.1, 0.15) is 5.69 Å². The second-order valence-electron chi connectivity index (χ2n) is 4.37. The van der Waals surface area contributed by atoms with Gasteiger partial charge < -0.3 is 9.67 Å². The Labute approximate surface area is 117 Å². The number of aryl methyl sites for hydroxylation is 2. The standard InChI is InChI=1S/C13H13BrF3NO/c1-18-11-5-4-8(14)7-10(11)9(3-2-6-19)12(18)13(15,16)17/h4-5,7,19H,2-3,6H2,1H3. The highest BCUT2D eigenvalue weighted by molar-refractivity contribution is 9.10. The molecule has 0 aliphatic heterocycles. The lowest BCUT2D eigenvalue weighted by Gasteiger charge is -2.11. The third-order valence-corrected chi connectivity index (χ3v) is 3.61. The van der Waals surface area contributed by atoms with Crippen molar-refractivity contribution in [3.8, 4) is 0 Å². The van der Waals surface area contributed by atoms with Crippen LogP contribution in [0.15, 0.2) is 22.7 Å². The Morgan fingerprint density at radius 2 is 2.00 bits per heavy atom. The molecule has 1 aromatic heterocycles. The zero-order valence-corrected chi connectivity index (χ0v) is 11.8. The average Bonchev–Trinajstić information content (AvgIpc) is 2.58. The first-order valence-corrected chi connectivity index (χ1v) is 6.60. The second kappa shape index (κ2) is 5.17. The maximum absolute atomic E-state index is 13.2. The van der Waals surface area contributed by atoms with Gasteiger partial charge in [0, 0.05) is 29.0 Å². The van der Waals surface area contributed by atoms with E-state index in [2.05, 4.69) is 15.9 Å². The van der Waals surface area contributed by atoms with Gasteiger partial charge in [-0.15, -0.1) is 0 Å². The van der Waals surface area contributed by atoms with Crippen LogP contribution in [0.3, 0.4) is 0 Å². The minimum absolute atomic E-state index is 0.123. The van der Waals surface area contributed by atoms with E-state index < -0.39 is 11.9 Å². The molecule has 0 unspecified atom stereocenters. The molecule has 0 atom stereocenters. The Hall–Kier alpha value is -1.01. The normalized spacial score (nSPS) is 12.3. The number of alkyl halides is 3. The van der Waals surface area contributed by atoms with Gasteiger partial charge in [-0.2, -0.15) is 13.2 Å². The largest absolute Gasteiger partial charge is 0.431 e. The van der Waals surface area contributed by atoms with Gasteiger partial charge in [-0.1, -0.05) is 15.9 Å². The maximum atomic E-state index is 13.2. The SMILES string of the molecule is Cn1c(C(F)(F)F)c(CCCO)c2cc(Br)ccc21. The Bertz CT molecular complexity index is 604. The fraction of sp³-hybridized carbons (Fsp3) is 0.385. The fourth-order valence-electron chi connectivity index (χ4n) is 2.36. The van der Waals surface area contributed by atoms with E-state index in [9.17, 15) is 13.2 Å². The van der Waals surface area contributed by atoms with Crippen molar-refractivity contribution in [2.45, 2.75) is 19.0 Å². The number of aromatic nitrogens is 1. The zero-order valence-electron chi connectivity index (χ0n) is 10.3. The van der Waals surface area contributed by atoms with E-state index >= 15 is 0 Å². The molecule has 1 heterocycles. The highest BCUT2D eigenvalue weighted by atomic mass is 79.9. The number of hydrogen-bond acceptors (Lipinski definition) is 1. The van der Waals surface area contributed by atoms with Crippen molar-refractivity contribution in [3.05, 3.63) is 33.9 Å². The van der Waals surface area contributed by atoms with Crippen LogP contribution in [-0.4, -0.2) is 16.3 Å². The van der Waals surface area contributed by atoms with Crippen LogP contribution in [0.5, 0.6) is 0 Å². The molecule has 0 amide bonds. The molecule has 2 rings (SSSR count). The van der Waals surface area contributed by atoms with E-state index in [1.165, 1.54) is 11.6 Å². The van der Waals surface area contributed by atoms with E-state index in [-0.39, 0.29) is 18.6 Å². The molecule has 0 aliphatic rings. The Balaban J connectivity index is 2.74. The number of fused-ring (bicyclic) bond motifs is 1. The molecular weight excluding hydrogens is 323 g/mol. The average molecular weight is 336 g/mol. The summed E-state index contributed by atoms with van der Waals surface area (Å²) >= 11 is 3.28. The first kappa shape index (κ1) is 14.4. The Morgan fingerprint density at radius 1 is 1.32 bits per heavy atom. The van der Waals surface area contributed by atoms with Crippen LogP contribution < -0.4 is 0 Å². The molecule has 0 aliphatic carbocycles. The van der Waals surface area contributed by atoms with Crippen LogP contribution in [0.25, 0.3) is 10.9 Å². The number of hydrogen-bond donors (Lipinski definition) is 1. The van der Waals surface area contributed by atoms with E-state index in [0.717, 1.165) is 4.47 Å². The summed E-state index contributed by atoms with van der Waals surface area (Å²) in [7, 11) is 1.42. The molecule has 0 saturated carbocycles. The number of halogens is 4. The maximum Gasteiger partial charge on any atom is 0.431 e. The van der Waals surface area contributed by atoms with Crippen molar-refractivity contribution < 1.29 is 18.3 Å². The summed E-state index contributed by atoms with van der Waals surface area (Å²) < 4.78 is 41.5. The molecule has 0 fully saturated rings. The minimum atomic E-state index is -4.40. The third-order valence-electron chi connectivity index (χ3n) is 3.12. The number of aliphatic hydroxyl groups is 1. The van der Waals surface area contributed by atoms with Crippen LogP contribution >= 0.6 is 15.9 Å². The summed E-state index contributed by atoms with van der Waals surface area (Å²) in [5, 5.41) is 9.44. The lowest BCUT2D eigenvalue weighted by atomic mass is 10.1. The van der Waals surface area contributed by atoms with Gasteiger partial charge in [0.2, 0.25) is 0 Å². The van der Waals surface area contributed by atoms with Crippen molar-refractivity contribution >= 4 is 26.8 Å². The van der Waals surface area contributed by atoms with Crippen molar-refractivity contribution in [2.75, 3.05) is 6.61 Å². The predicted octanol–water partition coefficient (Wildman–Crippen LogP) is 3.88. The Kier molecular flexibility index (Phi) is 3.92. The fourth-order valence-corrected chi connectivity index (χ4v) is 2.72. The molecule has 1 aromatic carbocycles. The molecule has 2 nitrogen and oxygen atoms in total. The van der Waals surface area contributed by atoms with Crippen LogP contribution in [0, 0.1) is 0 Å². The van der Waals surface area contributed by atoms with E-state index in [1.54, 1.807) is 18.2 Å². The third kappa shape index (κ3) is 2.65. The van der Waals surface area contributed by atoms with Crippen LogP contribution in [0.2, 0.25) is 0 Å². The summed E-state index contributed by atoms with van der Waals surface area (Å²) in [5.41, 5.74) is 0.165. The van der Waals surface area contributed by atoms with Crippen LogP contribution in [0.1, 0.15) is 17.7 Å². The van der Waals surface area contributed by atoms with Gasteiger partial charge in [-0.05, 0) is 36.6 Å². The van der Waals surface area contributed by atoms with Gasteiger partial charge in [-0.3, -0.25) is 0 Å². The highest BCUT2D eigenvalue weighted by Gasteiger charge is 2.37.